The number of ether oxygens (including phenoxy) is 1. The second-order valence-electron chi connectivity index (χ2n) is 8.52. The van der Waals surface area contributed by atoms with E-state index in [1.807, 2.05) is 9.58 Å². The predicted octanol–water partition coefficient (Wildman–Crippen LogP) is 1.30. The molecule has 2 saturated heterocycles. The minimum atomic E-state index is -0.0822. The maximum absolute atomic E-state index is 12.7. The molecule has 2 aromatic heterocycles. The molecule has 4 heterocycles. The topological polar surface area (TPSA) is 107 Å². The summed E-state index contributed by atoms with van der Waals surface area (Å²) in [5.74, 6) is 0.484. The number of rotatable bonds is 3. The molecule has 30 heavy (non-hydrogen) atoms. The highest BCUT2D eigenvalue weighted by Gasteiger charge is 2.50. The van der Waals surface area contributed by atoms with Gasteiger partial charge in [-0.2, -0.15) is 0 Å². The molecular formula is C20H26N6O4. The van der Waals surface area contributed by atoms with Crippen LogP contribution in [0.5, 0.6) is 0 Å². The maximum atomic E-state index is 12.7. The lowest BCUT2D eigenvalue weighted by molar-refractivity contribution is -0.0270. The zero-order chi connectivity index (χ0) is 20.7. The third-order valence-corrected chi connectivity index (χ3v) is 6.86. The fourth-order valence-electron chi connectivity index (χ4n) is 4.92. The lowest BCUT2D eigenvalue weighted by Crippen LogP contribution is -2.51. The van der Waals surface area contributed by atoms with Crippen LogP contribution in [0.4, 0.5) is 0 Å². The van der Waals surface area contributed by atoms with Crippen LogP contribution in [-0.2, 0) is 4.74 Å². The Morgan fingerprint density at radius 2 is 1.73 bits per heavy atom. The van der Waals surface area contributed by atoms with Gasteiger partial charge in [0.2, 0.25) is 0 Å². The number of carbonyl (C=O) groups is 2. The minimum Gasteiger partial charge on any atom is -0.378 e. The van der Waals surface area contributed by atoms with Crippen LogP contribution in [-0.4, -0.2) is 81.2 Å². The summed E-state index contributed by atoms with van der Waals surface area (Å²) in [6.07, 6.45) is 5.74. The number of aryl methyl sites for hydroxylation is 1. The van der Waals surface area contributed by atoms with Gasteiger partial charge in [-0.3, -0.25) is 9.59 Å². The number of nitrogens with zero attached hydrogens (tertiary/aromatic N) is 6. The minimum absolute atomic E-state index is 0.0725. The van der Waals surface area contributed by atoms with Crippen LogP contribution >= 0.6 is 0 Å². The molecule has 0 aromatic carbocycles. The Hall–Kier alpha value is -2.75. The highest BCUT2D eigenvalue weighted by molar-refractivity contribution is 5.92. The van der Waals surface area contributed by atoms with Crippen LogP contribution in [0.15, 0.2) is 16.8 Å². The molecular weight excluding hydrogens is 388 g/mol. The summed E-state index contributed by atoms with van der Waals surface area (Å²) in [6, 6.07) is 1.91. The van der Waals surface area contributed by atoms with E-state index in [-0.39, 0.29) is 23.3 Å². The van der Waals surface area contributed by atoms with Gasteiger partial charge in [0.15, 0.2) is 11.4 Å². The van der Waals surface area contributed by atoms with Crippen LogP contribution in [0.25, 0.3) is 0 Å². The first-order valence-corrected chi connectivity index (χ1v) is 10.6. The van der Waals surface area contributed by atoms with Crippen molar-refractivity contribution in [2.24, 2.45) is 5.41 Å². The summed E-state index contributed by atoms with van der Waals surface area (Å²) < 4.78 is 12.2. The Labute approximate surface area is 174 Å². The zero-order valence-corrected chi connectivity index (χ0v) is 17.1. The smallest absolute Gasteiger partial charge is 0.276 e. The van der Waals surface area contributed by atoms with Gasteiger partial charge in [0.1, 0.15) is 5.76 Å². The molecule has 0 N–H and O–H groups in total. The van der Waals surface area contributed by atoms with Crippen LogP contribution in [0.1, 0.15) is 58.5 Å². The van der Waals surface area contributed by atoms with E-state index in [2.05, 4.69) is 15.5 Å². The van der Waals surface area contributed by atoms with Crippen molar-refractivity contribution in [2.45, 2.75) is 38.6 Å². The number of piperidine rings is 1. The fraction of sp³-hybridized carbons (Fsp3) is 0.650. The van der Waals surface area contributed by atoms with Crippen LogP contribution in [0.2, 0.25) is 0 Å². The monoisotopic (exact) mass is 414 g/mol. The van der Waals surface area contributed by atoms with E-state index >= 15 is 0 Å². The number of hydrogen-bond donors (Lipinski definition) is 0. The first-order chi connectivity index (χ1) is 14.6. The molecule has 10 nitrogen and oxygen atoms in total. The predicted molar refractivity (Wildman–Crippen MR) is 104 cm³/mol. The number of likely N-dealkylation sites (tertiary alicyclic amines) is 1. The van der Waals surface area contributed by atoms with E-state index in [0.29, 0.717) is 56.5 Å². The molecule has 0 radical (unpaired) electrons. The second-order valence-corrected chi connectivity index (χ2v) is 8.52. The van der Waals surface area contributed by atoms with E-state index in [0.717, 1.165) is 25.7 Å². The molecule has 1 spiro atoms. The lowest BCUT2D eigenvalue weighted by atomic mass is 9.59. The van der Waals surface area contributed by atoms with Crippen molar-refractivity contribution in [1.82, 2.24) is 30.0 Å². The maximum Gasteiger partial charge on any atom is 0.276 e. The Bertz CT molecular complexity index is 939. The summed E-state index contributed by atoms with van der Waals surface area (Å²) >= 11 is 0. The van der Waals surface area contributed by atoms with Gasteiger partial charge < -0.3 is 19.1 Å². The first kappa shape index (κ1) is 19.2. The molecule has 1 saturated carbocycles. The number of morpholine rings is 1. The third-order valence-electron chi connectivity index (χ3n) is 6.86. The van der Waals surface area contributed by atoms with E-state index in [9.17, 15) is 9.59 Å². The van der Waals surface area contributed by atoms with E-state index < -0.39 is 0 Å². The Balaban J connectivity index is 1.23. The van der Waals surface area contributed by atoms with Gasteiger partial charge in [-0.1, -0.05) is 10.4 Å². The van der Waals surface area contributed by atoms with Crippen LogP contribution in [0.3, 0.4) is 0 Å². The van der Waals surface area contributed by atoms with Gasteiger partial charge in [0.05, 0.1) is 25.5 Å². The molecule has 3 aliphatic rings. The quantitative estimate of drug-likeness (QED) is 0.745. The highest BCUT2D eigenvalue weighted by Crippen LogP contribution is 2.56. The molecule has 1 atom stereocenters. The van der Waals surface area contributed by atoms with Crippen LogP contribution < -0.4 is 0 Å². The van der Waals surface area contributed by atoms with Crippen molar-refractivity contribution < 1.29 is 18.8 Å². The summed E-state index contributed by atoms with van der Waals surface area (Å²) in [6.45, 7) is 5.47. The fourth-order valence-corrected chi connectivity index (χ4v) is 4.92. The molecule has 2 aliphatic heterocycles. The molecule has 1 unspecified atom stereocenters. The van der Waals surface area contributed by atoms with Crippen molar-refractivity contribution in [2.75, 3.05) is 39.4 Å². The molecule has 5 rings (SSSR count). The summed E-state index contributed by atoms with van der Waals surface area (Å²) in [4.78, 5) is 28.9. The van der Waals surface area contributed by atoms with Crippen molar-refractivity contribution in [3.05, 3.63) is 29.4 Å². The van der Waals surface area contributed by atoms with E-state index in [4.69, 9.17) is 9.26 Å². The normalized spacial score (nSPS) is 23.4. The van der Waals surface area contributed by atoms with Gasteiger partial charge in [-0.05, 0) is 38.0 Å². The van der Waals surface area contributed by atoms with Gasteiger partial charge in [0.25, 0.3) is 11.8 Å². The second kappa shape index (κ2) is 7.50. The van der Waals surface area contributed by atoms with Crippen molar-refractivity contribution in [3.63, 3.8) is 0 Å². The third kappa shape index (κ3) is 3.28. The molecule has 160 valence electrons. The Kier molecular flexibility index (Phi) is 4.80. The average molecular weight is 414 g/mol. The summed E-state index contributed by atoms with van der Waals surface area (Å²) in [5, 5.41) is 12.3. The molecule has 3 fully saturated rings. The lowest BCUT2D eigenvalue weighted by Gasteiger charge is -2.53. The van der Waals surface area contributed by atoms with Crippen LogP contribution in [0, 0.1) is 12.3 Å². The first-order valence-electron chi connectivity index (χ1n) is 10.6. The summed E-state index contributed by atoms with van der Waals surface area (Å²) in [5.41, 5.74) is 0.882. The van der Waals surface area contributed by atoms with Gasteiger partial charge in [-0.15, -0.1) is 5.10 Å². The van der Waals surface area contributed by atoms with Gasteiger partial charge in [0, 0.05) is 32.2 Å². The van der Waals surface area contributed by atoms with Crippen molar-refractivity contribution in [1.29, 1.82) is 0 Å². The highest BCUT2D eigenvalue weighted by atomic mass is 16.5. The summed E-state index contributed by atoms with van der Waals surface area (Å²) in [7, 11) is 0. The Morgan fingerprint density at radius 3 is 2.37 bits per heavy atom. The SMILES string of the molecule is Cc1cc(C(=O)N2CCC3(CCC3n3cc(C(=O)N4CCOCC4)nn3)CC2)no1. The van der Waals surface area contributed by atoms with E-state index in [1.54, 1.807) is 24.1 Å². The largest absolute Gasteiger partial charge is 0.378 e. The van der Waals surface area contributed by atoms with Gasteiger partial charge >= 0.3 is 0 Å². The molecule has 2 amide bonds. The number of aromatic nitrogens is 4. The van der Waals surface area contributed by atoms with E-state index in [1.165, 1.54) is 0 Å². The van der Waals surface area contributed by atoms with Crippen molar-refractivity contribution in [3.8, 4) is 0 Å². The molecule has 0 bridgehead atoms. The molecule has 2 aromatic rings. The number of hydrogen-bond acceptors (Lipinski definition) is 7. The number of carbonyl (C=O) groups excluding carboxylic acids is 2. The van der Waals surface area contributed by atoms with Crippen molar-refractivity contribution >= 4 is 11.8 Å². The Morgan fingerprint density at radius 1 is 1.03 bits per heavy atom. The average Bonchev–Trinajstić information content (AvgIpc) is 3.42. The zero-order valence-electron chi connectivity index (χ0n) is 17.1. The van der Waals surface area contributed by atoms with Gasteiger partial charge in [-0.25, -0.2) is 4.68 Å². The number of amides is 2. The standard InChI is InChI=1S/C20H26N6O4/c1-14-12-15(22-30-14)18(27)24-6-4-20(5-7-24)3-2-17(20)26-13-16(21-23-26)19(28)25-8-10-29-11-9-25/h12-13,17H,2-11H2,1H3. The molecule has 1 aliphatic carbocycles. The molecule has 10 heteroatoms.